The molecule has 1 aromatic rings. The van der Waals surface area contributed by atoms with Gasteiger partial charge in [-0.1, -0.05) is 43.6 Å². The highest BCUT2D eigenvalue weighted by atomic mass is 79.9. The molecule has 0 saturated carbocycles. The predicted octanol–water partition coefficient (Wildman–Crippen LogP) is 4.43. The lowest BCUT2D eigenvalue weighted by atomic mass is 9.82. The molecule has 0 aliphatic rings. The summed E-state index contributed by atoms with van der Waals surface area (Å²) in [4.78, 5) is 0. The Kier molecular flexibility index (Phi) is 6.62. The molecule has 0 aliphatic carbocycles. The molecule has 2 unspecified atom stereocenters. The third-order valence-electron chi connectivity index (χ3n) is 3.36. The fourth-order valence-electron chi connectivity index (χ4n) is 2.79. The molecule has 0 saturated heterocycles. The van der Waals surface area contributed by atoms with E-state index in [0.717, 1.165) is 17.3 Å². The summed E-state index contributed by atoms with van der Waals surface area (Å²) in [5.74, 6) is 6.01. The van der Waals surface area contributed by atoms with Gasteiger partial charge >= 0.3 is 0 Å². The van der Waals surface area contributed by atoms with Gasteiger partial charge in [0.2, 0.25) is 0 Å². The normalized spacial score (nSPS) is 15.2. The predicted molar refractivity (Wildman–Crippen MR) is 86.8 cm³/mol. The van der Waals surface area contributed by atoms with E-state index in [-0.39, 0.29) is 11.9 Å². The summed E-state index contributed by atoms with van der Waals surface area (Å²) in [6, 6.07) is 5.13. The molecule has 0 spiro atoms. The third-order valence-corrected chi connectivity index (χ3v) is 3.85. The van der Waals surface area contributed by atoms with E-state index in [9.17, 15) is 4.39 Å². The van der Waals surface area contributed by atoms with Crippen molar-refractivity contribution in [1.29, 1.82) is 0 Å². The second-order valence-corrected chi connectivity index (χ2v) is 7.82. The van der Waals surface area contributed by atoms with Crippen LogP contribution in [0.3, 0.4) is 0 Å². The number of hydrazine groups is 1. The van der Waals surface area contributed by atoms with E-state index in [4.69, 9.17) is 5.84 Å². The molecule has 1 rings (SSSR count). The highest BCUT2D eigenvalue weighted by Gasteiger charge is 2.19. The van der Waals surface area contributed by atoms with Crippen LogP contribution in [0.25, 0.3) is 0 Å². The highest BCUT2D eigenvalue weighted by molar-refractivity contribution is 9.10. The standard InChI is InChI=1S/C16H26BrFN2/c1-11(10-16(2,3)4)7-14(20-19)9-12-8-13(17)5-6-15(12)18/h5-6,8,11,14,20H,7,9-10,19H2,1-4H3. The molecule has 0 fully saturated rings. The van der Waals surface area contributed by atoms with E-state index >= 15 is 0 Å². The Morgan fingerprint density at radius 1 is 1.35 bits per heavy atom. The van der Waals surface area contributed by atoms with Crippen LogP contribution in [0, 0.1) is 17.2 Å². The largest absolute Gasteiger partial charge is 0.271 e. The number of halogens is 2. The Labute approximate surface area is 130 Å². The fourth-order valence-corrected chi connectivity index (χ4v) is 3.20. The molecule has 114 valence electrons. The minimum absolute atomic E-state index is 0.0937. The second kappa shape index (κ2) is 7.53. The van der Waals surface area contributed by atoms with Crippen molar-refractivity contribution in [2.45, 2.75) is 53.0 Å². The van der Waals surface area contributed by atoms with Crippen LogP contribution in [0.15, 0.2) is 22.7 Å². The van der Waals surface area contributed by atoms with Crippen LogP contribution in [0.2, 0.25) is 0 Å². The van der Waals surface area contributed by atoms with Crippen LogP contribution >= 0.6 is 15.9 Å². The molecule has 2 atom stereocenters. The Bertz CT molecular complexity index is 429. The molecule has 0 aromatic heterocycles. The van der Waals surface area contributed by atoms with Gasteiger partial charge in [-0.2, -0.15) is 0 Å². The number of benzene rings is 1. The number of hydrogen-bond acceptors (Lipinski definition) is 2. The van der Waals surface area contributed by atoms with Crippen LogP contribution in [0.4, 0.5) is 4.39 Å². The summed E-state index contributed by atoms with van der Waals surface area (Å²) in [5.41, 5.74) is 3.84. The first-order chi connectivity index (χ1) is 9.21. The molecular weight excluding hydrogens is 319 g/mol. The van der Waals surface area contributed by atoms with Gasteiger partial charge in [-0.3, -0.25) is 11.3 Å². The Morgan fingerprint density at radius 2 is 2.00 bits per heavy atom. The summed E-state index contributed by atoms with van der Waals surface area (Å²) < 4.78 is 14.7. The summed E-state index contributed by atoms with van der Waals surface area (Å²) in [6.45, 7) is 8.94. The SMILES string of the molecule is CC(CC(Cc1cc(Br)ccc1F)NN)CC(C)(C)C. The summed E-state index contributed by atoms with van der Waals surface area (Å²) in [7, 11) is 0. The topological polar surface area (TPSA) is 38.0 Å². The molecule has 3 N–H and O–H groups in total. The number of rotatable bonds is 6. The van der Waals surface area contributed by atoms with E-state index in [1.165, 1.54) is 6.07 Å². The van der Waals surface area contributed by atoms with E-state index in [1.54, 1.807) is 6.07 Å². The molecule has 0 heterocycles. The van der Waals surface area contributed by atoms with Gasteiger partial charge in [0, 0.05) is 10.5 Å². The second-order valence-electron chi connectivity index (χ2n) is 6.91. The third kappa shape index (κ3) is 6.33. The number of nitrogens with two attached hydrogens (primary N) is 1. The Morgan fingerprint density at radius 3 is 2.55 bits per heavy atom. The van der Waals surface area contributed by atoms with Gasteiger partial charge in [0.1, 0.15) is 5.82 Å². The zero-order valence-electron chi connectivity index (χ0n) is 12.8. The van der Waals surface area contributed by atoms with Crippen molar-refractivity contribution in [2.24, 2.45) is 17.2 Å². The lowest BCUT2D eigenvalue weighted by Crippen LogP contribution is -2.38. The van der Waals surface area contributed by atoms with Gasteiger partial charge in [0.15, 0.2) is 0 Å². The summed E-state index contributed by atoms with van der Waals surface area (Å²) in [6.07, 6.45) is 2.68. The van der Waals surface area contributed by atoms with E-state index in [2.05, 4.69) is 49.1 Å². The van der Waals surface area contributed by atoms with Crippen molar-refractivity contribution in [3.05, 3.63) is 34.1 Å². The van der Waals surface area contributed by atoms with Crippen LogP contribution in [0.5, 0.6) is 0 Å². The van der Waals surface area contributed by atoms with E-state index in [0.29, 0.717) is 23.3 Å². The number of hydrogen-bond donors (Lipinski definition) is 2. The van der Waals surface area contributed by atoms with Crippen molar-refractivity contribution < 1.29 is 4.39 Å². The van der Waals surface area contributed by atoms with E-state index < -0.39 is 0 Å². The molecule has 1 aromatic carbocycles. The average Bonchev–Trinajstić information content (AvgIpc) is 2.30. The smallest absolute Gasteiger partial charge is 0.126 e. The number of nitrogens with one attached hydrogen (secondary N) is 1. The molecule has 0 amide bonds. The maximum absolute atomic E-state index is 13.8. The fraction of sp³-hybridized carbons (Fsp3) is 0.625. The maximum Gasteiger partial charge on any atom is 0.126 e. The van der Waals surface area contributed by atoms with Gasteiger partial charge < -0.3 is 0 Å². The highest BCUT2D eigenvalue weighted by Crippen LogP contribution is 2.27. The van der Waals surface area contributed by atoms with Gasteiger partial charge in [-0.15, -0.1) is 0 Å². The quantitative estimate of drug-likeness (QED) is 0.591. The molecular formula is C16H26BrFN2. The van der Waals surface area contributed by atoms with Crippen molar-refractivity contribution in [1.82, 2.24) is 5.43 Å². The molecule has 2 nitrogen and oxygen atoms in total. The van der Waals surface area contributed by atoms with Crippen molar-refractivity contribution in [3.63, 3.8) is 0 Å². The molecule has 4 heteroatoms. The Balaban J connectivity index is 2.65. The summed E-state index contributed by atoms with van der Waals surface area (Å²) >= 11 is 3.38. The zero-order valence-corrected chi connectivity index (χ0v) is 14.4. The first-order valence-electron chi connectivity index (χ1n) is 7.11. The van der Waals surface area contributed by atoms with Gasteiger partial charge in [0.25, 0.3) is 0 Å². The first-order valence-corrected chi connectivity index (χ1v) is 7.90. The van der Waals surface area contributed by atoms with Crippen LogP contribution in [0.1, 0.15) is 46.1 Å². The molecule has 0 radical (unpaired) electrons. The first kappa shape index (κ1) is 17.6. The van der Waals surface area contributed by atoms with Crippen LogP contribution in [-0.4, -0.2) is 6.04 Å². The Hall–Kier alpha value is -0.450. The van der Waals surface area contributed by atoms with Gasteiger partial charge in [0.05, 0.1) is 0 Å². The zero-order chi connectivity index (χ0) is 15.3. The lowest BCUT2D eigenvalue weighted by Gasteiger charge is -2.26. The van der Waals surface area contributed by atoms with Crippen LogP contribution in [-0.2, 0) is 6.42 Å². The van der Waals surface area contributed by atoms with Crippen molar-refractivity contribution in [2.75, 3.05) is 0 Å². The van der Waals surface area contributed by atoms with E-state index in [1.807, 2.05) is 6.07 Å². The monoisotopic (exact) mass is 344 g/mol. The van der Waals surface area contributed by atoms with Gasteiger partial charge in [-0.25, -0.2) is 4.39 Å². The van der Waals surface area contributed by atoms with Crippen molar-refractivity contribution >= 4 is 15.9 Å². The molecule has 0 aliphatic heterocycles. The van der Waals surface area contributed by atoms with Gasteiger partial charge in [-0.05, 0) is 54.4 Å². The maximum atomic E-state index is 13.8. The minimum Gasteiger partial charge on any atom is -0.271 e. The molecule has 0 bridgehead atoms. The molecule has 20 heavy (non-hydrogen) atoms. The van der Waals surface area contributed by atoms with Crippen molar-refractivity contribution in [3.8, 4) is 0 Å². The van der Waals surface area contributed by atoms with Crippen LogP contribution < -0.4 is 11.3 Å². The minimum atomic E-state index is -0.170. The summed E-state index contributed by atoms with van der Waals surface area (Å²) in [5, 5.41) is 0. The average molecular weight is 345 g/mol. The lowest BCUT2D eigenvalue weighted by molar-refractivity contribution is 0.274.